The van der Waals surface area contributed by atoms with Crippen LogP contribution in [0.1, 0.15) is 31.4 Å². The third kappa shape index (κ3) is 4.07. The first-order valence-electron chi connectivity index (χ1n) is 8.99. The van der Waals surface area contributed by atoms with E-state index >= 15 is 0 Å². The van der Waals surface area contributed by atoms with Gasteiger partial charge in [0.15, 0.2) is 0 Å². The van der Waals surface area contributed by atoms with Crippen LogP contribution in [0.25, 0.3) is 0 Å². The molecule has 25 heavy (non-hydrogen) atoms. The van der Waals surface area contributed by atoms with Crippen molar-refractivity contribution in [2.45, 2.75) is 44.8 Å². The second-order valence-electron chi connectivity index (χ2n) is 7.08. The van der Waals surface area contributed by atoms with Crippen LogP contribution in [0, 0.1) is 5.92 Å². The number of aromatic nitrogens is 4. The van der Waals surface area contributed by atoms with Crippen molar-refractivity contribution in [1.29, 1.82) is 0 Å². The minimum atomic E-state index is 0.297. The normalized spacial score (nSPS) is 23.8. The van der Waals surface area contributed by atoms with E-state index in [-0.39, 0.29) is 0 Å². The lowest BCUT2D eigenvalue weighted by Gasteiger charge is -2.36. The zero-order chi connectivity index (χ0) is 17.1. The van der Waals surface area contributed by atoms with E-state index in [9.17, 15) is 4.79 Å². The number of aryl methyl sites for hydroxylation is 1. The predicted molar refractivity (Wildman–Crippen MR) is 94.9 cm³/mol. The summed E-state index contributed by atoms with van der Waals surface area (Å²) in [6, 6.07) is 0.358. The summed E-state index contributed by atoms with van der Waals surface area (Å²) >= 11 is 1.65. The maximum atomic E-state index is 12.7. The molecule has 0 spiro atoms. The van der Waals surface area contributed by atoms with E-state index in [0.29, 0.717) is 24.3 Å². The van der Waals surface area contributed by atoms with Crippen LogP contribution in [-0.4, -0.2) is 61.1 Å². The molecule has 2 bridgehead atoms. The van der Waals surface area contributed by atoms with Crippen molar-refractivity contribution in [1.82, 2.24) is 29.5 Å². The Morgan fingerprint density at radius 3 is 3.04 bits per heavy atom. The van der Waals surface area contributed by atoms with Gasteiger partial charge in [-0.3, -0.25) is 14.4 Å². The molecule has 0 saturated carbocycles. The Morgan fingerprint density at radius 1 is 1.28 bits per heavy atom. The number of hydrogen-bond donors (Lipinski definition) is 0. The lowest BCUT2D eigenvalue weighted by molar-refractivity contribution is -0.135. The summed E-state index contributed by atoms with van der Waals surface area (Å²) < 4.78 is 1.79. The fourth-order valence-electron chi connectivity index (χ4n) is 4.04. The summed E-state index contributed by atoms with van der Waals surface area (Å²) in [6.45, 7) is 4.63. The van der Waals surface area contributed by atoms with E-state index in [0.717, 1.165) is 51.3 Å². The summed E-state index contributed by atoms with van der Waals surface area (Å²) in [5.41, 5.74) is 3.05. The molecular formula is C17H24N6OS. The van der Waals surface area contributed by atoms with Crippen LogP contribution >= 0.6 is 11.3 Å². The van der Waals surface area contributed by atoms with Crippen molar-refractivity contribution in [3.63, 3.8) is 0 Å². The minimum absolute atomic E-state index is 0.297. The molecule has 2 aromatic heterocycles. The van der Waals surface area contributed by atoms with Crippen LogP contribution in [0.4, 0.5) is 0 Å². The second-order valence-corrected chi connectivity index (χ2v) is 7.80. The highest BCUT2D eigenvalue weighted by atomic mass is 32.1. The smallest absolute Gasteiger partial charge is 0.222 e. The number of hydrogen-bond acceptors (Lipinski definition) is 6. The molecule has 134 valence electrons. The van der Waals surface area contributed by atoms with Gasteiger partial charge in [0.05, 0.1) is 11.2 Å². The SMILES string of the molecule is O=C(CCCn1cncn1)N1C[C@@H]2CC[C@H]1CN(Cc1cscn1)C2. The summed E-state index contributed by atoms with van der Waals surface area (Å²) in [6.07, 6.45) is 7.02. The van der Waals surface area contributed by atoms with Gasteiger partial charge in [0, 0.05) is 50.6 Å². The highest BCUT2D eigenvalue weighted by molar-refractivity contribution is 7.07. The first-order chi connectivity index (χ1) is 12.3. The van der Waals surface area contributed by atoms with E-state index in [1.807, 2.05) is 5.51 Å². The molecule has 2 aromatic rings. The molecular weight excluding hydrogens is 336 g/mol. The Bertz CT molecular complexity index is 673. The zero-order valence-electron chi connectivity index (χ0n) is 14.3. The zero-order valence-corrected chi connectivity index (χ0v) is 15.1. The molecule has 0 unspecified atom stereocenters. The molecule has 8 heteroatoms. The highest BCUT2D eigenvalue weighted by Gasteiger charge is 2.36. The van der Waals surface area contributed by atoms with Crippen molar-refractivity contribution in [2.24, 2.45) is 5.92 Å². The molecule has 0 aliphatic carbocycles. The number of fused-ring (bicyclic) bond motifs is 4. The fraction of sp³-hybridized carbons (Fsp3) is 0.647. The number of amides is 1. The Balaban J connectivity index is 1.32. The molecule has 0 radical (unpaired) electrons. The Labute approximate surface area is 151 Å². The van der Waals surface area contributed by atoms with Crippen molar-refractivity contribution in [3.05, 3.63) is 29.2 Å². The van der Waals surface area contributed by atoms with Crippen molar-refractivity contribution in [3.8, 4) is 0 Å². The first-order valence-corrected chi connectivity index (χ1v) is 9.93. The molecule has 7 nitrogen and oxygen atoms in total. The lowest BCUT2D eigenvalue weighted by Crippen LogP contribution is -2.47. The molecule has 3 saturated heterocycles. The highest BCUT2D eigenvalue weighted by Crippen LogP contribution is 2.29. The second kappa shape index (κ2) is 7.61. The van der Waals surface area contributed by atoms with Gasteiger partial charge < -0.3 is 4.90 Å². The quantitative estimate of drug-likeness (QED) is 0.783. The van der Waals surface area contributed by atoms with E-state index in [2.05, 4.69) is 30.2 Å². The summed E-state index contributed by atoms with van der Waals surface area (Å²) in [4.78, 5) is 25.7. The number of carbonyl (C=O) groups is 1. The molecule has 3 aliphatic rings. The van der Waals surface area contributed by atoms with Crippen molar-refractivity contribution in [2.75, 3.05) is 19.6 Å². The van der Waals surface area contributed by atoms with Crippen molar-refractivity contribution >= 4 is 17.2 Å². The average Bonchev–Trinajstić information content (AvgIpc) is 3.24. The Morgan fingerprint density at radius 2 is 2.24 bits per heavy atom. The number of nitrogens with zero attached hydrogens (tertiary/aromatic N) is 6. The summed E-state index contributed by atoms with van der Waals surface area (Å²) in [7, 11) is 0. The van der Waals surface area contributed by atoms with Gasteiger partial charge in [-0.05, 0) is 25.2 Å². The van der Waals surface area contributed by atoms with Crippen molar-refractivity contribution < 1.29 is 4.79 Å². The standard InChI is InChI=1S/C17H24N6OS/c24-17(2-1-5-22-12-18-11-20-22)23-7-14-3-4-16(23)9-21(6-14)8-15-10-25-13-19-15/h10-14,16H,1-9H2/t14-,16+/m1/s1. The van der Waals surface area contributed by atoms with Crippen LogP contribution in [0.15, 0.2) is 23.5 Å². The summed E-state index contributed by atoms with van der Waals surface area (Å²) in [5, 5.41) is 6.22. The summed E-state index contributed by atoms with van der Waals surface area (Å²) in [5.74, 6) is 0.891. The van der Waals surface area contributed by atoms with Gasteiger partial charge in [-0.2, -0.15) is 5.10 Å². The van der Waals surface area contributed by atoms with Gasteiger partial charge in [-0.1, -0.05) is 0 Å². The number of rotatable bonds is 6. The predicted octanol–water partition coefficient (Wildman–Crippen LogP) is 1.64. The monoisotopic (exact) mass is 360 g/mol. The minimum Gasteiger partial charge on any atom is -0.338 e. The lowest BCUT2D eigenvalue weighted by atomic mass is 9.94. The van der Waals surface area contributed by atoms with Crippen LogP contribution in [-0.2, 0) is 17.9 Å². The maximum Gasteiger partial charge on any atom is 0.222 e. The van der Waals surface area contributed by atoms with E-state index < -0.39 is 0 Å². The van der Waals surface area contributed by atoms with Crippen LogP contribution in [0.5, 0.6) is 0 Å². The molecule has 0 aromatic carbocycles. The van der Waals surface area contributed by atoms with E-state index in [1.54, 1.807) is 22.3 Å². The first kappa shape index (κ1) is 16.7. The molecule has 1 amide bonds. The molecule has 5 heterocycles. The van der Waals surface area contributed by atoms with Crippen LogP contribution < -0.4 is 0 Å². The van der Waals surface area contributed by atoms with Gasteiger partial charge in [0.1, 0.15) is 12.7 Å². The van der Waals surface area contributed by atoms with Gasteiger partial charge in [-0.25, -0.2) is 9.97 Å². The molecule has 3 aliphatic heterocycles. The van der Waals surface area contributed by atoms with Gasteiger partial charge in [0.25, 0.3) is 0 Å². The molecule has 5 rings (SSSR count). The van der Waals surface area contributed by atoms with Gasteiger partial charge in [0.2, 0.25) is 5.91 Å². The average molecular weight is 360 g/mol. The maximum absolute atomic E-state index is 12.7. The Kier molecular flexibility index (Phi) is 5.07. The van der Waals surface area contributed by atoms with Crippen LogP contribution in [0.3, 0.4) is 0 Å². The largest absolute Gasteiger partial charge is 0.338 e. The third-order valence-corrected chi connectivity index (χ3v) is 5.86. The van der Waals surface area contributed by atoms with Gasteiger partial charge >= 0.3 is 0 Å². The molecule has 3 fully saturated rings. The molecule has 0 N–H and O–H groups in total. The topological polar surface area (TPSA) is 67.2 Å². The number of thiazole rings is 1. The van der Waals surface area contributed by atoms with Gasteiger partial charge in [-0.15, -0.1) is 11.3 Å². The third-order valence-electron chi connectivity index (χ3n) is 5.22. The fourth-order valence-corrected chi connectivity index (χ4v) is 4.59. The van der Waals surface area contributed by atoms with Crippen LogP contribution in [0.2, 0.25) is 0 Å². The van der Waals surface area contributed by atoms with E-state index in [1.165, 1.54) is 12.7 Å². The van der Waals surface area contributed by atoms with E-state index in [4.69, 9.17) is 0 Å². The molecule has 2 atom stereocenters. The number of piperidine rings is 1. The number of carbonyl (C=O) groups excluding carboxylic acids is 1. The Hall–Kier alpha value is -1.80.